The quantitative estimate of drug-likeness (QED) is 0.312. The number of carbonyl (C=O) groups excluding carboxylic acids is 1. The Morgan fingerprint density at radius 2 is 0.929 bits per heavy atom. The molecule has 0 aromatic rings. The van der Waals surface area contributed by atoms with Crippen molar-refractivity contribution < 1.29 is 75.4 Å². The molecule has 0 saturated heterocycles. The first-order chi connectivity index (χ1) is 11.8. The van der Waals surface area contributed by atoms with Crippen LogP contribution in [0.15, 0.2) is 12.2 Å². The second-order valence-corrected chi connectivity index (χ2v) is 5.08. The molecule has 0 N–H and O–H groups in total. The number of esters is 1. The summed E-state index contributed by atoms with van der Waals surface area (Å²) < 4.78 is 196. The van der Waals surface area contributed by atoms with Crippen molar-refractivity contribution in [3.05, 3.63) is 12.2 Å². The van der Waals surface area contributed by atoms with Crippen molar-refractivity contribution in [2.45, 2.75) is 43.4 Å². The number of rotatable bonds is 4. The largest absolute Gasteiger partial charge is 0.467 e. The highest BCUT2D eigenvalue weighted by Crippen LogP contribution is 2.70. The average Bonchev–Trinajstić information content (AvgIpc) is 2.30. The summed E-state index contributed by atoms with van der Waals surface area (Å²) in [7, 11) is 0. The predicted octanol–water partition coefficient (Wildman–Crippen LogP) is 5.64. The average molecular weight is 454 g/mol. The molecule has 0 saturated carbocycles. The van der Waals surface area contributed by atoms with Crippen LogP contribution in [-0.2, 0) is 9.53 Å². The minimum Gasteiger partial charge on any atom is -0.411 e. The van der Waals surface area contributed by atoms with E-state index in [1.54, 1.807) is 0 Å². The van der Waals surface area contributed by atoms with Gasteiger partial charge in [-0.2, -0.15) is 65.9 Å². The second kappa shape index (κ2) is 6.60. The Morgan fingerprint density at radius 1 is 0.643 bits per heavy atom. The Balaban J connectivity index is 7.44. The lowest BCUT2D eigenvalue weighted by Crippen LogP contribution is -2.77. The van der Waals surface area contributed by atoms with E-state index in [1.807, 2.05) is 0 Å². The zero-order valence-electron chi connectivity index (χ0n) is 12.7. The summed E-state index contributed by atoms with van der Waals surface area (Å²) >= 11 is 0. The Kier molecular flexibility index (Phi) is 6.17. The van der Waals surface area contributed by atoms with Crippen molar-refractivity contribution in [2.75, 3.05) is 0 Å². The molecule has 2 nitrogen and oxygen atoms in total. The number of ether oxygens (including phenoxy) is 1. The topological polar surface area (TPSA) is 26.3 Å². The van der Waals surface area contributed by atoms with Gasteiger partial charge in [-0.1, -0.05) is 6.58 Å². The Bertz CT molecular complexity index is 584. The molecule has 28 heavy (non-hydrogen) atoms. The molecule has 0 aromatic carbocycles. The monoisotopic (exact) mass is 454 g/mol. The number of alkyl halides is 15. The molecule has 0 amide bonds. The van der Waals surface area contributed by atoms with Crippen molar-refractivity contribution in [2.24, 2.45) is 5.41 Å². The highest BCUT2D eigenvalue weighted by molar-refractivity contribution is 5.87. The Hall–Kier alpha value is -1.84. The summed E-state index contributed by atoms with van der Waals surface area (Å²) in [6.45, 7) is 2.67. The standard InChI is InChI=1S/C11H5F15O2/c1-3(2)4(27)28-7(14,11(24,25)26)6(12,13)5(8(15,16)17,9(18,19)20)10(21,22)23/h1H2,2H3. The van der Waals surface area contributed by atoms with Gasteiger partial charge in [-0.25, -0.2) is 4.79 Å². The van der Waals surface area contributed by atoms with E-state index in [0.29, 0.717) is 0 Å². The van der Waals surface area contributed by atoms with E-state index in [0.717, 1.165) is 0 Å². The maximum atomic E-state index is 13.9. The molecule has 0 fully saturated rings. The SMILES string of the molecule is C=C(C)C(=O)OC(F)(C(F)(F)F)C(F)(F)C(C(F)(F)F)(C(F)(F)F)C(F)(F)F. The first-order valence-corrected chi connectivity index (χ1v) is 6.05. The first kappa shape index (κ1) is 26.2. The third-order valence-corrected chi connectivity index (χ3v) is 3.10. The van der Waals surface area contributed by atoms with Crippen LogP contribution in [0.2, 0.25) is 0 Å². The van der Waals surface area contributed by atoms with Crippen molar-refractivity contribution in [1.29, 1.82) is 0 Å². The third kappa shape index (κ3) is 3.46. The third-order valence-electron chi connectivity index (χ3n) is 3.10. The minimum atomic E-state index is -8.61. The van der Waals surface area contributed by atoms with Gasteiger partial charge < -0.3 is 4.74 Å². The van der Waals surface area contributed by atoms with Crippen LogP contribution in [0, 0.1) is 5.41 Å². The van der Waals surface area contributed by atoms with E-state index in [1.165, 1.54) is 0 Å². The van der Waals surface area contributed by atoms with Crippen molar-refractivity contribution >= 4 is 5.97 Å². The molecule has 0 radical (unpaired) electrons. The van der Waals surface area contributed by atoms with Gasteiger partial charge in [-0.05, 0) is 6.92 Å². The second-order valence-electron chi connectivity index (χ2n) is 5.08. The molecule has 0 aliphatic heterocycles. The van der Waals surface area contributed by atoms with Gasteiger partial charge in [-0.15, -0.1) is 0 Å². The molecular weight excluding hydrogens is 449 g/mol. The molecule has 0 aliphatic carbocycles. The van der Waals surface area contributed by atoms with Crippen LogP contribution in [0.5, 0.6) is 0 Å². The fraction of sp³-hybridized carbons (Fsp3) is 0.727. The summed E-state index contributed by atoms with van der Waals surface area (Å²) in [6.07, 6.45) is -32.5. The van der Waals surface area contributed by atoms with Crippen LogP contribution in [0.25, 0.3) is 0 Å². The zero-order valence-corrected chi connectivity index (χ0v) is 12.7. The molecule has 0 spiro atoms. The lowest BCUT2D eigenvalue weighted by molar-refractivity contribution is -0.520. The van der Waals surface area contributed by atoms with Crippen LogP contribution in [-0.4, -0.2) is 42.5 Å². The highest BCUT2D eigenvalue weighted by Gasteiger charge is 3.00. The molecule has 0 rings (SSSR count). The Labute approximate surface area is 143 Å². The van der Waals surface area contributed by atoms with Gasteiger partial charge >= 0.3 is 47.9 Å². The van der Waals surface area contributed by atoms with Gasteiger partial charge in [0, 0.05) is 5.57 Å². The van der Waals surface area contributed by atoms with Crippen molar-refractivity contribution in [3.8, 4) is 0 Å². The number of hydrogen-bond acceptors (Lipinski definition) is 2. The van der Waals surface area contributed by atoms with Crippen molar-refractivity contribution in [3.63, 3.8) is 0 Å². The smallest absolute Gasteiger partial charge is 0.411 e. The molecule has 0 heterocycles. The summed E-state index contributed by atoms with van der Waals surface area (Å²) in [5.41, 5.74) is -10.1. The van der Waals surface area contributed by atoms with Crippen LogP contribution in [0.4, 0.5) is 65.9 Å². The van der Waals surface area contributed by atoms with Gasteiger partial charge in [0.15, 0.2) is 0 Å². The molecule has 17 heteroatoms. The van der Waals surface area contributed by atoms with E-state index in [9.17, 15) is 70.7 Å². The number of halogens is 15. The summed E-state index contributed by atoms with van der Waals surface area (Å²) in [5.74, 6) is -19.2. The van der Waals surface area contributed by atoms with Gasteiger partial charge in [0.1, 0.15) is 0 Å². The van der Waals surface area contributed by atoms with Crippen LogP contribution in [0.3, 0.4) is 0 Å². The minimum absolute atomic E-state index is 0.280. The molecule has 0 aromatic heterocycles. The van der Waals surface area contributed by atoms with E-state index in [-0.39, 0.29) is 6.92 Å². The Morgan fingerprint density at radius 3 is 1.11 bits per heavy atom. The molecular formula is C11H5F15O2. The van der Waals surface area contributed by atoms with Gasteiger partial charge in [0.25, 0.3) is 0 Å². The molecule has 1 unspecified atom stereocenters. The zero-order chi connectivity index (χ0) is 23.4. The van der Waals surface area contributed by atoms with Crippen LogP contribution >= 0.6 is 0 Å². The predicted molar refractivity (Wildman–Crippen MR) is 56.3 cm³/mol. The fourth-order valence-corrected chi connectivity index (χ4v) is 1.77. The number of hydrogen-bond donors (Lipinski definition) is 0. The lowest BCUT2D eigenvalue weighted by Gasteiger charge is -2.47. The summed E-state index contributed by atoms with van der Waals surface area (Å²) in [4.78, 5) is 10.9. The van der Waals surface area contributed by atoms with Gasteiger partial charge in [-0.3, -0.25) is 0 Å². The van der Waals surface area contributed by atoms with E-state index in [2.05, 4.69) is 11.3 Å². The van der Waals surface area contributed by atoms with Crippen LogP contribution < -0.4 is 0 Å². The lowest BCUT2D eigenvalue weighted by atomic mass is 9.74. The molecule has 166 valence electrons. The van der Waals surface area contributed by atoms with Crippen LogP contribution in [0.1, 0.15) is 6.92 Å². The normalized spacial score (nSPS) is 17.1. The van der Waals surface area contributed by atoms with E-state index >= 15 is 0 Å². The number of carbonyl (C=O) groups is 1. The molecule has 1 atom stereocenters. The maximum absolute atomic E-state index is 13.9. The highest BCUT2D eigenvalue weighted by atomic mass is 19.4. The fourth-order valence-electron chi connectivity index (χ4n) is 1.77. The van der Waals surface area contributed by atoms with E-state index in [4.69, 9.17) is 0 Å². The van der Waals surface area contributed by atoms with Crippen molar-refractivity contribution in [1.82, 2.24) is 0 Å². The van der Waals surface area contributed by atoms with E-state index < -0.39 is 53.4 Å². The van der Waals surface area contributed by atoms with Gasteiger partial charge in [0.2, 0.25) is 0 Å². The summed E-state index contributed by atoms with van der Waals surface area (Å²) in [6, 6.07) is 0. The molecule has 0 aliphatic rings. The maximum Gasteiger partial charge on any atom is 0.467 e. The van der Waals surface area contributed by atoms with Gasteiger partial charge in [0.05, 0.1) is 0 Å². The molecule has 0 bridgehead atoms. The first-order valence-electron chi connectivity index (χ1n) is 6.05. The summed E-state index contributed by atoms with van der Waals surface area (Å²) in [5, 5.41) is 0.